The number of ether oxygens (including phenoxy) is 1. The molecule has 106 valence electrons. The third-order valence-electron chi connectivity index (χ3n) is 3.04. The lowest BCUT2D eigenvalue weighted by Gasteiger charge is -2.19. The Hall–Kier alpha value is -2.23. The number of aryl methyl sites for hydroxylation is 1. The van der Waals surface area contributed by atoms with Gasteiger partial charge in [-0.1, -0.05) is 17.7 Å². The summed E-state index contributed by atoms with van der Waals surface area (Å²) in [6.07, 6.45) is 1.61. The molecular weight excluding hydrogens is 254 g/mol. The van der Waals surface area contributed by atoms with Crippen molar-refractivity contribution in [3.63, 3.8) is 0 Å². The van der Waals surface area contributed by atoms with Crippen LogP contribution in [0.2, 0.25) is 0 Å². The second-order valence-electron chi connectivity index (χ2n) is 4.59. The zero-order valence-electron chi connectivity index (χ0n) is 11.8. The minimum Gasteiger partial charge on any atom is -0.484 e. The number of amides is 1. The first-order chi connectivity index (χ1) is 9.69. The van der Waals surface area contributed by atoms with Crippen molar-refractivity contribution in [2.45, 2.75) is 20.4 Å². The van der Waals surface area contributed by atoms with Crippen LogP contribution in [0.5, 0.6) is 5.75 Å². The highest BCUT2D eigenvalue weighted by Gasteiger charge is 2.14. The van der Waals surface area contributed by atoms with E-state index in [2.05, 4.69) is 0 Å². The Bertz CT molecular complexity index is 531. The number of hydrogen-bond acceptors (Lipinski definition) is 3. The molecule has 1 amide bonds. The van der Waals surface area contributed by atoms with Crippen molar-refractivity contribution in [2.75, 3.05) is 13.2 Å². The van der Waals surface area contributed by atoms with Gasteiger partial charge in [-0.05, 0) is 38.1 Å². The van der Waals surface area contributed by atoms with Crippen LogP contribution >= 0.6 is 0 Å². The number of furan rings is 1. The topological polar surface area (TPSA) is 42.7 Å². The van der Waals surface area contributed by atoms with Crippen molar-refractivity contribution in [1.29, 1.82) is 0 Å². The summed E-state index contributed by atoms with van der Waals surface area (Å²) in [4.78, 5) is 13.8. The monoisotopic (exact) mass is 273 g/mol. The van der Waals surface area contributed by atoms with Crippen LogP contribution in [0.4, 0.5) is 0 Å². The van der Waals surface area contributed by atoms with Gasteiger partial charge in [-0.2, -0.15) is 0 Å². The normalized spacial score (nSPS) is 10.3. The van der Waals surface area contributed by atoms with Crippen molar-refractivity contribution in [2.24, 2.45) is 0 Å². The van der Waals surface area contributed by atoms with Gasteiger partial charge in [0, 0.05) is 6.54 Å². The average Bonchev–Trinajstić information content (AvgIpc) is 2.97. The Morgan fingerprint density at radius 2 is 2.00 bits per heavy atom. The fraction of sp³-hybridized carbons (Fsp3) is 0.312. The number of carbonyl (C=O) groups is 1. The molecule has 1 heterocycles. The van der Waals surface area contributed by atoms with Gasteiger partial charge in [-0.3, -0.25) is 4.79 Å². The van der Waals surface area contributed by atoms with E-state index >= 15 is 0 Å². The summed E-state index contributed by atoms with van der Waals surface area (Å²) < 4.78 is 10.8. The van der Waals surface area contributed by atoms with Crippen LogP contribution in [0.15, 0.2) is 47.1 Å². The van der Waals surface area contributed by atoms with Crippen LogP contribution in [-0.2, 0) is 11.3 Å². The zero-order valence-corrected chi connectivity index (χ0v) is 11.8. The lowest BCUT2D eigenvalue weighted by molar-refractivity contribution is -0.134. The number of rotatable bonds is 6. The van der Waals surface area contributed by atoms with Gasteiger partial charge in [0.05, 0.1) is 12.8 Å². The van der Waals surface area contributed by atoms with E-state index in [1.165, 1.54) is 0 Å². The van der Waals surface area contributed by atoms with Gasteiger partial charge < -0.3 is 14.1 Å². The Labute approximate surface area is 119 Å². The van der Waals surface area contributed by atoms with E-state index in [0.29, 0.717) is 18.8 Å². The van der Waals surface area contributed by atoms with E-state index in [0.717, 1.165) is 11.3 Å². The predicted octanol–water partition coefficient (Wildman–Crippen LogP) is 3.02. The van der Waals surface area contributed by atoms with E-state index in [-0.39, 0.29) is 12.5 Å². The smallest absolute Gasteiger partial charge is 0.260 e. The van der Waals surface area contributed by atoms with Gasteiger partial charge in [0.25, 0.3) is 5.91 Å². The molecule has 0 aliphatic rings. The molecule has 0 spiro atoms. The maximum absolute atomic E-state index is 12.1. The molecule has 0 atom stereocenters. The molecule has 1 aromatic heterocycles. The van der Waals surface area contributed by atoms with Crippen molar-refractivity contribution in [1.82, 2.24) is 4.90 Å². The van der Waals surface area contributed by atoms with Gasteiger partial charge in [0.1, 0.15) is 11.5 Å². The van der Waals surface area contributed by atoms with Crippen LogP contribution in [0.3, 0.4) is 0 Å². The van der Waals surface area contributed by atoms with Gasteiger partial charge in [0.15, 0.2) is 6.61 Å². The quantitative estimate of drug-likeness (QED) is 0.812. The third kappa shape index (κ3) is 3.88. The molecule has 4 heteroatoms. The fourth-order valence-corrected chi connectivity index (χ4v) is 1.84. The molecule has 0 saturated carbocycles. The Kier molecular flexibility index (Phi) is 4.82. The number of benzene rings is 1. The summed E-state index contributed by atoms with van der Waals surface area (Å²) in [6, 6.07) is 11.3. The molecule has 20 heavy (non-hydrogen) atoms. The van der Waals surface area contributed by atoms with Crippen LogP contribution in [0.25, 0.3) is 0 Å². The summed E-state index contributed by atoms with van der Waals surface area (Å²) in [5.41, 5.74) is 1.16. The Balaban J connectivity index is 1.87. The maximum Gasteiger partial charge on any atom is 0.260 e. The second kappa shape index (κ2) is 6.80. The SMILES string of the molecule is CCN(Cc1ccco1)C(=O)COc1ccc(C)cc1. The molecule has 0 fully saturated rings. The first kappa shape index (κ1) is 14.2. The van der Waals surface area contributed by atoms with Crippen molar-refractivity contribution in [3.05, 3.63) is 54.0 Å². The highest BCUT2D eigenvalue weighted by molar-refractivity contribution is 5.77. The minimum atomic E-state index is -0.0514. The molecule has 0 radical (unpaired) electrons. The van der Waals surface area contributed by atoms with E-state index < -0.39 is 0 Å². The third-order valence-corrected chi connectivity index (χ3v) is 3.04. The Morgan fingerprint density at radius 3 is 2.60 bits per heavy atom. The summed E-state index contributed by atoms with van der Waals surface area (Å²) >= 11 is 0. The first-order valence-electron chi connectivity index (χ1n) is 6.68. The second-order valence-corrected chi connectivity index (χ2v) is 4.59. The molecule has 0 N–H and O–H groups in total. The predicted molar refractivity (Wildman–Crippen MR) is 76.5 cm³/mol. The van der Waals surface area contributed by atoms with Gasteiger partial charge in [-0.15, -0.1) is 0 Å². The van der Waals surface area contributed by atoms with E-state index in [4.69, 9.17) is 9.15 Å². The molecule has 0 aliphatic heterocycles. The largest absolute Gasteiger partial charge is 0.484 e. The van der Waals surface area contributed by atoms with Gasteiger partial charge in [0.2, 0.25) is 0 Å². The maximum atomic E-state index is 12.1. The van der Waals surface area contributed by atoms with Crippen molar-refractivity contribution in [3.8, 4) is 5.75 Å². The van der Waals surface area contributed by atoms with Crippen LogP contribution < -0.4 is 4.74 Å². The molecule has 4 nitrogen and oxygen atoms in total. The lowest BCUT2D eigenvalue weighted by atomic mass is 10.2. The number of carbonyl (C=O) groups excluding carboxylic acids is 1. The Morgan fingerprint density at radius 1 is 1.25 bits per heavy atom. The first-order valence-corrected chi connectivity index (χ1v) is 6.68. The molecule has 2 aromatic rings. The molecule has 2 rings (SSSR count). The molecule has 0 saturated heterocycles. The molecule has 0 bridgehead atoms. The number of nitrogens with zero attached hydrogens (tertiary/aromatic N) is 1. The van der Waals surface area contributed by atoms with Gasteiger partial charge >= 0.3 is 0 Å². The summed E-state index contributed by atoms with van der Waals surface area (Å²) in [5.74, 6) is 1.43. The highest BCUT2D eigenvalue weighted by atomic mass is 16.5. The zero-order chi connectivity index (χ0) is 14.4. The van der Waals surface area contributed by atoms with E-state index in [1.54, 1.807) is 11.2 Å². The fourth-order valence-electron chi connectivity index (χ4n) is 1.84. The molecule has 0 aliphatic carbocycles. The van der Waals surface area contributed by atoms with Gasteiger partial charge in [-0.25, -0.2) is 0 Å². The van der Waals surface area contributed by atoms with E-state index in [9.17, 15) is 4.79 Å². The number of likely N-dealkylation sites (N-methyl/N-ethyl adjacent to an activating group) is 1. The number of hydrogen-bond donors (Lipinski definition) is 0. The summed E-state index contributed by atoms with van der Waals surface area (Å²) in [6.45, 7) is 5.08. The van der Waals surface area contributed by atoms with Crippen LogP contribution in [-0.4, -0.2) is 24.0 Å². The molecule has 1 aromatic carbocycles. The van der Waals surface area contributed by atoms with Crippen molar-refractivity contribution >= 4 is 5.91 Å². The summed E-state index contributed by atoms with van der Waals surface area (Å²) in [5, 5.41) is 0. The molecule has 0 unspecified atom stereocenters. The van der Waals surface area contributed by atoms with Crippen LogP contribution in [0, 0.1) is 6.92 Å². The highest BCUT2D eigenvalue weighted by Crippen LogP contribution is 2.12. The minimum absolute atomic E-state index is 0.0393. The lowest BCUT2D eigenvalue weighted by Crippen LogP contribution is -2.34. The summed E-state index contributed by atoms with van der Waals surface area (Å²) in [7, 11) is 0. The molecular formula is C16H19NO3. The van der Waals surface area contributed by atoms with E-state index in [1.807, 2.05) is 50.2 Å². The van der Waals surface area contributed by atoms with Crippen LogP contribution in [0.1, 0.15) is 18.2 Å². The van der Waals surface area contributed by atoms with Crippen molar-refractivity contribution < 1.29 is 13.9 Å². The standard InChI is InChI=1S/C16H19NO3/c1-3-17(11-15-5-4-10-19-15)16(18)12-20-14-8-6-13(2)7-9-14/h4-10H,3,11-12H2,1-2H3. The average molecular weight is 273 g/mol.